The summed E-state index contributed by atoms with van der Waals surface area (Å²) in [7, 11) is 1.53. The van der Waals surface area contributed by atoms with Crippen molar-refractivity contribution < 1.29 is 9.53 Å². The average molecular weight is 352 g/mol. The molecule has 3 atom stereocenters. The molecule has 2 aliphatic heterocycles. The van der Waals surface area contributed by atoms with Gasteiger partial charge in [-0.25, -0.2) is 0 Å². The van der Waals surface area contributed by atoms with Crippen molar-refractivity contribution in [2.75, 3.05) is 19.4 Å². The fraction of sp³-hybridized carbons (Fsp3) is 0.611. The first-order chi connectivity index (χ1) is 11.5. The van der Waals surface area contributed by atoms with E-state index in [1.165, 1.54) is 32.9 Å². The van der Waals surface area contributed by atoms with Gasteiger partial charge in [-0.3, -0.25) is 9.69 Å². The summed E-state index contributed by atoms with van der Waals surface area (Å²) in [4.78, 5) is 15.3. The monoisotopic (exact) mass is 351 g/mol. The number of hydrogen-bond donors (Lipinski definition) is 2. The van der Waals surface area contributed by atoms with E-state index >= 15 is 0 Å². The number of ether oxygens (including phenoxy) is 1. The molecule has 2 fully saturated rings. The minimum absolute atomic E-state index is 0.143. The maximum Gasteiger partial charge on any atom is 0.255 e. The van der Waals surface area contributed by atoms with E-state index in [-0.39, 0.29) is 11.9 Å². The molecule has 132 valence electrons. The first kappa shape index (κ1) is 17.4. The Bertz CT molecular complexity index is 623. The Morgan fingerprint density at radius 3 is 2.92 bits per heavy atom. The number of methoxy groups -OCH3 is 1. The molecule has 1 aromatic rings. The molecule has 6 heteroatoms. The van der Waals surface area contributed by atoms with Gasteiger partial charge in [-0.2, -0.15) is 0 Å². The molecule has 0 aliphatic carbocycles. The van der Waals surface area contributed by atoms with Gasteiger partial charge in [0.05, 0.1) is 23.4 Å². The number of piperidine rings is 2. The van der Waals surface area contributed by atoms with Crippen LogP contribution in [0, 0.1) is 0 Å². The molecule has 0 radical (unpaired) electrons. The van der Waals surface area contributed by atoms with Crippen molar-refractivity contribution in [3.63, 3.8) is 0 Å². The number of rotatable bonds is 3. The van der Waals surface area contributed by atoms with Gasteiger partial charge in [-0.05, 0) is 45.2 Å². The van der Waals surface area contributed by atoms with Crippen LogP contribution in [-0.2, 0) is 0 Å². The molecule has 3 N–H and O–H groups in total. The second-order valence-corrected chi connectivity index (χ2v) is 7.36. The molecule has 0 spiro atoms. The van der Waals surface area contributed by atoms with E-state index in [1.807, 2.05) is 0 Å². The fourth-order valence-corrected chi connectivity index (χ4v) is 4.29. The van der Waals surface area contributed by atoms with Crippen LogP contribution < -0.4 is 15.8 Å². The van der Waals surface area contributed by atoms with Gasteiger partial charge in [0.2, 0.25) is 0 Å². The van der Waals surface area contributed by atoms with Crippen LogP contribution in [0.5, 0.6) is 5.75 Å². The number of carbonyl (C=O) groups is 1. The lowest BCUT2D eigenvalue weighted by Gasteiger charge is -2.46. The molecule has 1 aromatic carbocycles. The summed E-state index contributed by atoms with van der Waals surface area (Å²) in [5.74, 6) is 0.313. The van der Waals surface area contributed by atoms with Gasteiger partial charge in [-0.1, -0.05) is 18.0 Å². The Balaban J connectivity index is 1.72. The smallest absolute Gasteiger partial charge is 0.255 e. The molecule has 3 rings (SSSR count). The molecule has 1 amide bonds. The van der Waals surface area contributed by atoms with Crippen LogP contribution in [0.2, 0.25) is 5.02 Å². The number of carbonyl (C=O) groups excluding carboxylic acids is 1. The van der Waals surface area contributed by atoms with Crippen LogP contribution in [0.15, 0.2) is 12.1 Å². The van der Waals surface area contributed by atoms with Crippen LogP contribution >= 0.6 is 11.6 Å². The number of benzene rings is 1. The van der Waals surface area contributed by atoms with E-state index in [9.17, 15) is 4.79 Å². The maximum atomic E-state index is 12.7. The Hall–Kier alpha value is -1.46. The molecule has 2 heterocycles. The predicted octanol–water partition coefficient (Wildman–Crippen LogP) is 3.07. The van der Waals surface area contributed by atoms with Gasteiger partial charge in [0, 0.05) is 24.2 Å². The zero-order valence-electron chi connectivity index (χ0n) is 14.3. The van der Waals surface area contributed by atoms with E-state index in [4.69, 9.17) is 22.1 Å². The molecule has 3 unspecified atom stereocenters. The van der Waals surface area contributed by atoms with Crippen LogP contribution in [0.3, 0.4) is 0 Å². The number of fused-ring (bicyclic) bond motifs is 1. The summed E-state index contributed by atoms with van der Waals surface area (Å²) in [6.07, 6.45) is 5.80. The normalized spacial score (nSPS) is 27.4. The molecule has 0 bridgehead atoms. The topological polar surface area (TPSA) is 67.6 Å². The number of hydrogen-bond acceptors (Lipinski definition) is 4. The highest BCUT2D eigenvalue weighted by molar-refractivity contribution is 6.33. The molecule has 0 saturated carbocycles. The SMILES string of the molecule is COc1cc(N)c(Cl)cc1C(=O)NC1CC(C)N2CCCCC2C1. The van der Waals surface area contributed by atoms with Crippen molar-refractivity contribution in [2.45, 2.75) is 57.2 Å². The molecule has 5 nitrogen and oxygen atoms in total. The molecular weight excluding hydrogens is 326 g/mol. The van der Waals surface area contributed by atoms with Gasteiger partial charge in [0.25, 0.3) is 5.91 Å². The third-order valence-corrected chi connectivity index (χ3v) is 5.65. The quantitative estimate of drug-likeness (QED) is 0.821. The third kappa shape index (κ3) is 3.47. The van der Waals surface area contributed by atoms with Gasteiger partial charge in [0.1, 0.15) is 5.75 Å². The van der Waals surface area contributed by atoms with Crippen molar-refractivity contribution in [3.8, 4) is 5.75 Å². The fourth-order valence-electron chi connectivity index (χ4n) is 4.12. The molecule has 0 aromatic heterocycles. The zero-order valence-corrected chi connectivity index (χ0v) is 15.1. The minimum atomic E-state index is -0.143. The number of nitrogen functional groups attached to an aromatic ring is 1. The van der Waals surface area contributed by atoms with Gasteiger partial charge in [0.15, 0.2) is 0 Å². The predicted molar refractivity (Wildman–Crippen MR) is 96.7 cm³/mol. The Kier molecular flexibility index (Phi) is 5.21. The number of anilines is 1. The van der Waals surface area contributed by atoms with Crippen molar-refractivity contribution in [2.24, 2.45) is 0 Å². The van der Waals surface area contributed by atoms with E-state index < -0.39 is 0 Å². The number of amides is 1. The van der Waals surface area contributed by atoms with Gasteiger partial charge in [-0.15, -0.1) is 0 Å². The molecular formula is C18H26ClN3O2. The molecule has 24 heavy (non-hydrogen) atoms. The number of halogens is 1. The van der Waals surface area contributed by atoms with E-state index in [0.29, 0.717) is 34.1 Å². The summed E-state index contributed by atoms with van der Waals surface area (Å²) < 4.78 is 5.29. The lowest BCUT2D eigenvalue weighted by atomic mass is 9.86. The summed E-state index contributed by atoms with van der Waals surface area (Å²) in [6.45, 7) is 3.45. The zero-order chi connectivity index (χ0) is 17.3. The maximum absolute atomic E-state index is 12.7. The summed E-state index contributed by atoms with van der Waals surface area (Å²) in [5.41, 5.74) is 6.64. The number of nitrogens with two attached hydrogens (primary N) is 1. The van der Waals surface area contributed by atoms with E-state index in [0.717, 1.165) is 12.8 Å². The summed E-state index contributed by atoms with van der Waals surface area (Å²) >= 11 is 6.08. The number of nitrogens with one attached hydrogen (secondary N) is 1. The first-order valence-corrected chi connectivity index (χ1v) is 9.07. The lowest BCUT2D eigenvalue weighted by Crippen LogP contribution is -2.55. The van der Waals surface area contributed by atoms with Gasteiger partial charge >= 0.3 is 0 Å². The minimum Gasteiger partial charge on any atom is -0.496 e. The van der Waals surface area contributed by atoms with Crippen LogP contribution in [-0.4, -0.2) is 42.6 Å². The highest BCUT2D eigenvalue weighted by atomic mass is 35.5. The largest absolute Gasteiger partial charge is 0.496 e. The first-order valence-electron chi connectivity index (χ1n) is 8.69. The average Bonchev–Trinajstić information content (AvgIpc) is 2.57. The Morgan fingerprint density at radius 1 is 1.38 bits per heavy atom. The van der Waals surface area contributed by atoms with E-state index in [1.54, 1.807) is 12.1 Å². The molecule has 2 aliphatic rings. The van der Waals surface area contributed by atoms with Crippen molar-refractivity contribution in [3.05, 3.63) is 22.7 Å². The van der Waals surface area contributed by atoms with Crippen LogP contribution in [0.4, 0.5) is 5.69 Å². The lowest BCUT2D eigenvalue weighted by molar-refractivity contribution is 0.0429. The third-order valence-electron chi connectivity index (χ3n) is 5.32. The van der Waals surface area contributed by atoms with Crippen molar-refractivity contribution >= 4 is 23.2 Å². The standard InChI is InChI=1S/C18H26ClN3O2/c1-11-7-12(8-13-5-3-4-6-22(11)13)21-18(23)14-9-15(19)16(20)10-17(14)24-2/h9-13H,3-8,20H2,1-2H3,(H,21,23). The second kappa shape index (κ2) is 7.19. The summed E-state index contributed by atoms with van der Waals surface area (Å²) in [5, 5.41) is 3.55. The van der Waals surface area contributed by atoms with Crippen LogP contribution in [0.1, 0.15) is 49.4 Å². The van der Waals surface area contributed by atoms with Crippen LogP contribution in [0.25, 0.3) is 0 Å². The Morgan fingerprint density at radius 2 is 2.17 bits per heavy atom. The van der Waals surface area contributed by atoms with Crippen molar-refractivity contribution in [1.29, 1.82) is 0 Å². The highest BCUT2D eigenvalue weighted by Gasteiger charge is 2.35. The van der Waals surface area contributed by atoms with Gasteiger partial charge < -0.3 is 15.8 Å². The highest BCUT2D eigenvalue weighted by Crippen LogP contribution is 2.32. The molecule has 2 saturated heterocycles. The van der Waals surface area contributed by atoms with Crippen molar-refractivity contribution in [1.82, 2.24) is 10.2 Å². The summed E-state index contributed by atoms with van der Waals surface area (Å²) in [6, 6.07) is 4.47. The second-order valence-electron chi connectivity index (χ2n) is 6.95. The Labute approximate surface area is 148 Å². The van der Waals surface area contributed by atoms with E-state index in [2.05, 4.69) is 17.1 Å². The number of nitrogens with zero attached hydrogens (tertiary/aromatic N) is 1.